The van der Waals surface area contributed by atoms with E-state index in [1.54, 1.807) is 0 Å². The number of ether oxygens (including phenoxy) is 1. The second-order valence-corrected chi connectivity index (χ2v) is 5.65. The van der Waals surface area contributed by atoms with Crippen LogP contribution in [-0.4, -0.2) is 30.2 Å². The van der Waals surface area contributed by atoms with Crippen molar-refractivity contribution in [3.63, 3.8) is 0 Å². The van der Waals surface area contributed by atoms with Crippen molar-refractivity contribution in [1.82, 2.24) is 5.32 Å². The summed E-state index contributed by atoms with van der Waals surface area (Å²) in [5.41, 5.74) is 0.370. The average molecular weight is 330 g/mol. The van der Waals surface area contributed by atoms with Crippen LogP contribution < -0.4 is 5.32 Å². The molecule has 7 heteroatoms. The maximum Gasteiger partial charge on any atom is 0.305 e. The molecule has 1 aromatic rings. The Morgan fingerprint density at radius 1 is 1.50 bits per heavy atom. The summed E-state index contributed by atoms with van der Waals surface area (Å²) in [6.07, 6.45) is 1.15. The lowest BCUT2D eigenvalue weighted by molar-refractivity contribution is -0.138. The zero-order valence-electron chi connectivity index (χ0n) is 11.9. The number of nitrogens with one attached hydrogen (secondary N) is 1. The van der Waals surface area contributed by atoms with Crippen molar-refractivity contribution in [2.45, 2.75) is 25.3 Å². The third-order valence-electron chi connectivity index (χ3n) is 3.57. The van der Waals surface area contributed by atoms with Crippen LogP contribution in [0.15, 0.2) is 18.2 Å². The van der Waals surface area contributed by atoms with E-state index in [0.717, 1.165) is 12.5 Å². The number of amides is 1. The molecule has 0 radical (unpaired) electrons. The highest BCUT2D eigenvalue weighted by Gasteiger charge is 2.26. The molecule has 2 atom stereocenters. The summed E-state index contributed by atoms with van der Waals surface area (Å²) in [4.78, 5) is 23.2. The largest absolute Gasteiger partial charge is 0.481 e. The summed E-state index contributed by atoms with van der Waals surface area (Å²) in [6, 6.07) is 3.19. The van der Waals surface area contributed by atoms with Crippen LogP contribution in [0.25, 0.3) is 0 Å². The first-order valence-corrected chi connectivity index (χ1v) is 7.40. The Balaban J connectivity index is 2.12. The standard InChI is InChI=1S/C15H17ClFNO4/c16-11-4-3-9(6-12(11)17)13(7-14(19)20)18-15(21)10-2-1-5-22-8-10/h3-4,6,10,13H,1-2,5,7-8H2,(H,18,21)(H,19,20). The number of hydrogen-bond donors (Lipinski definition) is 2. The van der Waals surface area contributed by atoms with Crippen molar-refractivity contribution in [2.75, 3.05) is 13.2 Å². The molecule has 2 unspecified atom stereocenters. The fourth-order valence-corrected chi connectivity index (χ4v) is 2.51. The molecule has 5 nitrogen and oxygen atoms in total. The van der Waals surface area contributed by atoms with E-state index in [2.05, 4.69) is 5.32 Å². The molecule has 1 saturated heterocycles. The number of carbonyl (C=O) groups is 2. The highest BCUT2D eigenvalue weighted by molar-refractivity contribution is 6.30. The van der Waals surface area contributed by atoms with Crippen molar-refractivity contribution in [3.8, 4) is 0 Å². The van der Waals surface area contributed by atoms with Crippen molar-refractivity contribution in [3.05, 3.63) is 34.6 Å². The number of aliphatic carboxylic acids is 1. The summed E-state index contributed by atoms with van der Waals surface area (Å²) in [6.45, 7) is 0.950. The van der Waals surface area contributed by atoms with E-state index < -0.39 is 17.8 Å². The van der Waals surface area contributed by atoms with E-state index in [-0.39, 0.29) is 23.3 Å². The summed E-state index contributed by atoms with van der Waals surface area (Å²) in [5, 5.41) is 11.6. The monoisotopic (exact) mass is 329 g/mol. The quantitative estimate of drug-likeness (QED) is 0.870. The Hall–Kier alpha value is -1.66. The SMILES string of the molecule is O=C(O)CC(NC(=O)C1CCCOC1)c1ccc(Cl)c(F)c1. The van der Waals surface area contributed by atoms with E-state index >= 15 is 0 Å². The molecule has 0 aromatic heterocycles. The van der Waals surface area contributed by atoms with Gasteiger partial charge in [-0.1, -0.05) is 17.7 Å². The van der Waals surface area contributed by atoms with Crippen LogP contribution in [0, 0.1) is 11.7 Å². The molecule has 120 valence electrons. The lowest BCUT2D eigenvalue weighted by atomic mass is 9.98. The van der Waals surface area contributed by atoms with Gasteiger partial charge in [0.2, 0.25) is 5.91 Å². The van der Waals surface area contributed by atoms with Crippen molar-refractivity contribution in [1.29, 1.82) is 0 Å². The summed E-state index contributed by atoms with van der Waals surface area (Å²) in [5.74, 6) is -2.31. The van der Waals surface area contributed by atoms with Gasteiger partial charge in [-0.2, -0.15) is 0 Å². The minimum atomic E-state index is -1.08. The molecule has 0 saturated carbocycles. The minimum Gasteiger partial charge on any atom is -0.481 e. The molecule has 1 fully saturated rings. The van der Waals surface area contributed by atoms with Crippen LogP contribution in [0.5, 0.6) is 0 Å². The van der Waals surface area contributed by atoms with Crippen LogP contribution in [0.3, 0.4) is 0 Å². The topological polar surface area (TPSA) is 75.6 Å². The van der Waals surface area contributed by atoms with E-state index in [4.69, 9.17) is 21.4 Å². The van der Waals surface area contributed by atoms with Gasteiger partial charge in [-0.3, -0.25) is 9.59 Å². The van der Waals surface area contributed by atoms with Crippen LogP contribution in [-0.2, 0) is 14.3 Å². The zero-order valence-corrected chi connectivity index (χ0v) is 12.6. The maximum atomic E-state index is 13.6. The van der Waals surface area contributed by atoms with E-state index in [1.807, 2.05) is 0 Å². The first-order chi connectivity index (χ1) is 10.5. The van der Waals surface area contributed by atoms with Crippen LogP contribution in [0.2, 0.25) is 5.02 Å². The number of halogens is 2. The van der Waals surface area contributed by atoms with Gasteiger partial charge in [-0.25, -0.2) is 4.39 Å². The summed E-state index contributed by atoms with van der Waals surface area (Å²) < 4.78 is 18.8. The molecule has 1 amide bonds. The fraction of sp³-hybridized carbons (Fsp3) is 0.467. The molecule has 22 heavy (non-hydrogen) atoms. The number of carbonyl (C=O) groups excluding carboxylic acids is 1. The maximum absolute atomic E-state index is 13.6. The first kappa shape index (κ1) is 16.7. The summed E-state index contributed by atoms with van der Waals surface area (Å²) in [7, 11) is 0. The van der Waals surface area contributed by atoms with E-state index in [0.29, 0.717) is 25.2 Å². The number of benzene rings is 1. The fourth-order valence-electron chi connectivity index (χ4n) is 2.39. The van der Waals surface area contributed by atoms with Gasteiger partial charge < -0.3 is 15.2 Å². The zero-order chi connectivity index (χ0) is 16.1. The Kier molecular flexibility index (Phi) is 5.74. The second-order valence-electron chi connectivity index (χ2n) is 5.25. The number of hydrogen-bond acceptors (Lipinski definition) is 3. The van der Waals surface area contributed by atoms with Crippen molar-refractivity contribution in [2.24, 2.45) is 5.92 Å². The predicted octanol–water partition coefficient (Wildman–Crippen LogP) is 2.54. The third kappa shape index (κ3) is 4.42. The molecule has 1 aliphatic heterocycles. The Bertz CT molecular complexity index is 560. The lowest BCUT2D eigenvalue weighted by Crippen LogP contribution is -2.38. The predicted molar refractivity (Wildman–Crippen MR) is 78.1 cm³/mol. The van der Waals surface area contributed by atoms with Crippen LogP contribution >= 0.6 is 11.6 Å². The van der Waals surface area contributed by atoms with Crippen molar-refractivity contribution >= 4 is 23.5 Å². The van der Waals surface area contributed by atoms with Gasteiger partial charge in [-0.15, -0.1) is 0 Å². The van der Waals surface area contributed by atoms with Crippen LogP contribution in [0.4, 0.5) is 4.39 Å². The number of carboxylic acid groups (broad SMARTS) is 1. The average Bonchev–Trinajstić information content (AvgIpc) is 2.49. The van der Waals surface area contributed by atoms with Gasteiger partial charge in [-0.05, 0) is 30.5 Å². The highest BCUT2D eigenvalue weighted by Crippen LogP contribution is 2.24. The molecule has 2 rings (SSSR count). The summed E-state index contributed by atoms with van der Waals surface area (Å²) >= 11 is 5.62. The Labute approximate surface area is 132 Å². The lowest BCUT2D eigenvalue weighted by Gasteiger charge is -2.24. The van der Waals surface area contributed by atoms with E-state index in [9.17, 15) is 14.0 Å². The molecule has 0 spiro atoms. The van der Waals surface area contributed by atoms with Gasteiger partial charge in [0, 0.05) is 6.61 Å². The number of carboxylic acids is 1. The van der Waals surface area contributed by atoms with Crippen molar-refractivity contribution < 1.29 is 23.8 Å². The number of rotatable bonds is 5. The smallest absolute Gasteiger partial charge is 0.305 e. The molecule has 2 N–H and O–H groups in total. The van der Waals surface area contributed by atoms with Gasteiger partial charge in [0.05, 0.1) is 30.0 Å². The molecule has 0 bridgehead atoms. The van der Waals surface area contributed by atoms with Gasteiger partial charge in [0.25, 0.3) is 0 Å². The second kappa shape index (κ2) is 7.56. The minimum absolute atomic E-state index is 0.0511. The normalized spacial score (nSPS) is 19.5. The molecular weight excluding hydrogens is 313 g/mol. The van der Waals surface area contributed by atoms with Crippen LogP contribution in [0.1, 0.15) is 30.9 Å². The highest BCUT2D eigenvalue weighted by atomic mass is 35.5. The molecule has 1 aromatic carbocycles. The molecule has 0 aliphatic carbocycles. The molecular formula is C15H17ClFNO4. The van der Waals surface area contributed by atoms with Gasteiger partial charge in [0.1, 0.15) is 5.82 Å². The first-order valence-electron chi connectivity index (χ1n) is 7.02. The van der Waals surface area contributed by atoms with E-state index in [1.165, 1.54) is 12.1 Å². The molecule has 1 aliphatic rings. The van der Waals surface area contributed by atoms with Gasteiger partial charge in [0.15, 0.2) is 0 Å². The third-order valence-corrected chi connectivity index (χ3v) is 3.88. The van der Waals surface area contributed by atoms with Gasteiger partial charge >= 0.3 is 5.97 Å². The Morgan fingerprint density at radius 3 is 2.86 bits per heavy atom. The Morgan fingerprint density at radius 2 is 2.27 bits per heavy atom. The molecule has 1 heterocycles.